The van der Waals surface area contributed by atoms with E-state index in [1.807, 2.05) is 0 Å². The summed E-state index contributed by atoms with van der Waals surface area (Å²) in [5.74, 6) is -1.45. The van der Waals surface area contributed by atoms with Gasteiger partial charge in [-0.25, -0.2) is 4.79 Å². The number of carbonyl (C=O) groups excluding carboxylic acids is 3. The second-order valence-corrected chi connectivity index (χ2v) is 4.40. The number of nitrogens with zero attached hydrogens (tertiary/aromatic N) is 2. The number of pyridine rings is 1. The van der Waals surface area contributed by atoms with Crippen molar-refractivity contribution in [2.45, 2.75) is 6.92 Å². The normalized spacial score (nSPS) is 14.0. The summed E-state index contributed by atoms with van der Waals surface area (Å²) in [7, 11) is 1.25. The number of esters is 1. The van der Waals surface area contributed by atoms with Crippen molar-refractivity contribution in [2.75, 3.05) is 13.7 Å². The smallest absolute Gasteiger partial charge is 0.355 e. The van der Waals surface area contributed by atoms with E-state index in [-0.39, 0.29) is 29.3 Å². The molecular weight excluding hydrogens is 260 g/mol. The van der Waals surface area contributed by atoms with Crippen LogP contribution in [0.2, 0.25) is 0 Å². The van der Waals surface area contributed by atoms with Crippen molar-refractivity contribution in [3.63, 3.8) is 0 Å². The summed E-state index contributed by atoms with van der Waals surface area (Å²) < 4.78 is 6.27. The predicted octanol–water partition coefficient (Wildman–Crippen LogP) is 1.34. The van der Waals surface area contributed by atoms with Crippen molar-refractivity contribution < 1.29 is 19.1 Å². The molecule has 20 heavy (non-hydrogen) atoms. The van der Waals surface area contributed by atoms with Crippen molar-refractivity contribution in [1.29, 1.82) is 0 Å². The fourth-order valence-corrected chi connectivity index (χ4v) is 2.58. The average Bonchev–Trinajstić information content (AvgIpc) is 2.92. The van der Waals surface area contributed by atoms with Crippen LogP contribution in [0.5, 0.6) is 0 Å². The van der Waals surface area contributed by atoms with Gasteiger partial charge < -0.3 is 9.14 Å². The predicted molar refractivity (Wildman–Crippen MR) is 69.8 cm³/mol. The fraction of sp³-hybridized carbons (Fsp3) is 0.214. The van der Waals surface area contributed by atoms with Crippen molar-refractivity contribution in [3.05, 3.63) is 41.2 Å². The molecule has 0 bridgehead atoms. The van der Waals surface area contributed by atoms with E-state index in [2.05, 4.69) is 0 Å². The van der Waals surface area contributed by atoms with Crippen molar-refractivity contribution >= 4 is 23.3 Å². The summed E-state index contributed by atoms with van der Waals surface area (Å²) in [6, 6.07) is 5.18. The van der Waals surface area contributed by atoms with Gasteiger partial charge in [0.05, 0.1) is 23.8 Å². The molecule has 0 radical (unpaired) electrons. The summed E-state index contributed by atoms with van der Waals surface area (Å²) in [4.78, 5) is 37.7. The van der Waals surface area contributed by atoms with E-state index in [4.69, 9.17) is 4.74 Å². The van der Waals surface area contributed by atoms with Gasteiger partial charge in [0, 0.05) is 12.7 Å². The number of imide groups is 1. The number of amides is 2. The van der Waals surface area contributed by atoms with Crippen LogP contribution in [0.25, 0.3) is 5.52 Å². The number of rotatable bonds is 2. The number of methoxy groups -OCH3 is 1. The largest absolute Gasteiger partial charge is 0.464 e. The second-order valence-electron chi connectivity index (χ2n) is 4.40. The minimum Gasteiger partial charge on any atom is -0.464 e. The number of hydrogen-bond acceptors (Lipinski definition) is 4. The van der Waals surface area contributed by atoms with Crippen molar-refractivity contribution in [1.82, 2.24) is 9.30 Å². The van der Waals surface area contributed by atoms with Gasteiger partial charge in [-0.05, 0) is 19.1 Å². The summed E-state index contributed by atoms with van der Waals surface area (Å²) in [5, 5.41) is 0. The minimum atomic E-state index is -0.633. The zero-order valence-corrected chi connectivity index (χ0v) is 11.0. The van der Waals surface area contributed by atoms with Gasteiger partial charge in [-0.15, -0.1) is 0 Å². The third-order valence-corrected chi connectivity index (χ3v) is 3.46. The van der Waals surface area contributed by atoms with Crippen LogP contribution in [0.15, 0.2) is 24.4 Å². The molecule has 0 spiro atoms. The minimum absolute atomic E-state index is 0.104. The zero-order valence-electron chi connectivity index (χ0n) is 11.0. The van der Waals surface area contributed by atoms with Gasteiger partial charge in [0.1, 0.15) is 5.69 Å². The van der Waals surface area contributed by atoms with Gasteiger partial charge in [-0.2, -0.15) is 0 Å². The molecule has 0 saturated heterocycles. The lowest BCUT2D eigenvalue weighted by Gasteiger charge is -2.12. The number of fused-ring (bicyclic) bond motifs is 3. The lowest BCUT2D eigenvalue weighted by atomic mass is 10.1. The van der Waals surface area contributed by atoms with Crippen molar-refractivity contribution in [2.24, 2.45) is 0 Å². The first-order valence-electron chi connectivity index (χ1n) is 6.19. The molecule has 0 unspecified atom stereocenters. The van der Waals surface area contributed by atoms with Gasteiger partial charge in [-0.1, -0.05) is 6.07 Å². The quantitative estimate of drug-likeness (QED) is 0.611. The summed E-state index contributed by atoms with van der Waals surface area (Å²) >= 11 is 0. The van der Waals surface area contributed by atoms with E-state index < -0.39 is 11.9 Å². The SMILES string of the molecule is CCN1C(=O)c2c(c3ccccn3c2C(=O)OC)C1=O. The van der Waals surface area contributed by atoms with Crippen LogP contribution in [0.1, 0.15) is 38.1 Å². The van der Waals surface area contributed by atoms with Crippen molar-refractivity contribution in [3.8, 4) is 0 Å². The summed E-state index contributed by atoms with van der Waals surface area (Å²) in [6.45, 7) is 1.99. The van der Waals surface area contributed by atoms with Crippen LogP contribution < -0.4 is 0 Å². The van der Waals surface area contributed by atoms with Gasteiger partial charge in [0.15, 0.2) is 0 Å². The first kappa shape index (κ1) is 12.4. The molecule has 6 heteroatoms. The molecule has 102 valence electrons. The number of carbonyl (C=O) groups is 3. The fourth-order valence-electron chi connectivity index (χ4n) is 2.58. The van der Waals surface area contributed by atoms with E-state index in [0.29, 0.717) is 5.52 Å². The molecule has 3 heterocycles. The lowest BCUT2D eigenvalue weighted by molar-refractivity contribution is 0.0578. The maximum Gasteiger partial charge on any atom is 0.355 e. The molecule has 0 N–H and O–H groups in total. The Morgan fingerprint density at radius 2 is 1.90 bits per heavy atom. The molecule has 0 saturated carbocycles. The molecule has 0 aromatic carbocycles. The molecule has 1 aliphatic rings. The molecule has 1 aliphatic heterocycles. The Kier molecular flexibility index (Phi) is 2.60. The third-order valence-electron chi connectivity index (χ3n) is 3.46. The highest BCUT2D eigenvalue weighted by atomic mass is 16.5. The number of aromatic nitrogens is 1. The van der Waals surface area contributed by atoms with E-state index in [1.54, 1.807) is 31.3 Å². The summed E-state index contributed by atoms with van der Waals surface area (Å²) in [5.41, 5.74) is 1.05. The van der Waals surface area contributed by atoms with Gasteiger partial charge in [0.25, 0.3) is 11.8 Å². The standard InChI is InChI=1S/C14H12N2O4/c1-3-15-12(17)9-8-6-4-5-7-16(8)11(14(19)20-2)10(9)13(15)18/h4-7H,3H2,1-2H3. The van der Waals surface area contributed by atoms with E-state index >= 15 is 0 Å². The van der Waals surface area contributed by atoms with Crippen LogP contribution in [-0.4, -0.2) is 40.7 Å². The van der Waals surface area contributed by atoms with E-state index in [0.717, 1.165) is 4.90 Å². The van der Waals surface area contributed by atoms with Crippen LogP contribution in [0, 0.1) is 0 Å². The van der Waals surface area contributed by atoms with E-state index in [9.17, 15) is 14.4 Å². The Hall–Kier alpha value is -2.63. The molecule has 2 amide bonds. The van der Waals surface area contributed by atoms with E-state index in [1.165, 1.54) is 11.5 Å². The highest BCUT2D eigenvalue weighted by Crippen LogP contribution is 2.32. The van der Waals surface area contributed by atoms with Gasteiger partial charge in [0.2, 0.25) is 0 Å². The Morgan fingerprint density at radius 1 is 1.20 bits per heavy atom. The maximum absolute atomic E-state index is 12.3. The lowest BCUT2D eigenvalue weighted by Crippen LogP contribution is -2.30. The molecule has 0 atom stereocenters. The first-order chi connectivity index (χ1) is 9.61. The third kappa shape index (κ3) is 1.36. The Labute approximate surface area is 114 Å². The molecule has 3 rings (SSSR count). The maximum atomic E-state index is 12.3. The van der Waals surface area contributed by atoms with Crippen LogP contribution in [-0.2, 0) is 4.74 Å². The molecule has 6 nitrogen and oxygen atoms in total. The topological polar surface area (TPSA) is 68.1 Å². The van der Waals surface area contributed by atoms with Gasteiger partial charge >= 0.3 is 5.97 Å². The highest BCUT2D eigenvalue weighted by Gasteiger charge is 2.42. The second kappa shape index (κ2) is 4.19. The Balaban J connectivity index is 2.42. The van der Waals surface area contributed by atoms with Crippen LogP contribution >= 0.6 is 0 Å². The van der Waals surface area contributed by atoms with Gasteiger partial charge in [-0.3, -0.25) is 14.5 Å². The average molecular weight is 272 g/mol. The molecule has 0 fully saturated rings. The number of ether oxygens (including phenoxy) is 1. The molecule has 2 aromatic rings. The number of hydrogen-bond donors (Lipinski definition) is 0. The molecule has 0 aliphatic carbocycles. The monoisotopic (exact) mass is 272 g/mol. The summed E-state index contributed by atoms with van der Waals surface area (Å²) in [6.07, 6.45) is 1.64. The first-order valence-corrected chi connectivity index (χ1v) is 6.19. The zero-order chi connectivity index (χ0) is 14.4. The highest BCUT2D eigenvalue weighted by molar-refractivity contribution is 6.27. The molecular formula is C14H12N2O4. The Bertz CT molecular complexity index is 760. The van der Waals surface area contributed by atoms with Crippen LogP contribution in [0.4, 0.5) is 0 Å². The van der Waals surface area contributed by atoms with Crippen LogP contribution in [0.3, 0.4) is 0 Å². The molecule has 2 aromatic heterocycles. The Morgan fingerprint density at radius 3 is 2.55 bits per heavy atom.